The molecule has 10 nitrogen and oxygen atoms in total. The van der Waals surface area contributed by atoms with Crippen molar-refractivity contribution in [3.05, 3.63) is 22.1 Å². The molecule has 2 amide bonds. The van der Waals surface area contributed by atoms with Gasteiger partial charge in [-0.1, -0.05) is 0 Å². The monoisotopic (exact) mass is 371 g/mol. The third-order valence-corrected chi connectivity index (χ3v) is 4.65. The van der Waals surface area contributed by atoms with Crippen LogP contribution in [-0.4, -0.2) is 45.4 Å². The highest BCUT2D eigenvalue weighted by Gasteiger charge is 2.20. The van der Waals surface area contributed by atoms with E-state index in [0.717, 1.165) is 11.3 Å². The number of rotatable bonds is 5. The molecule has 24 heavy (non-hydrogen) atoms. The minimum Gasteiger partial charge on any atom is -0.467 e. The number of nitrogens with zero attached hydrogens (tertiary/aromatic N) is 3. The Kier molecular flexibility index (Phi) is 5.76. The van der Waals surface area contributed by atoms with Gasteiger partial charge in [0.1, 0.15) is 10.7 Å². The standard InChI is InChI=1S/C12H13N5O5S2/c1-6-13-10(16-12(14-6)22-3)15-11(19)17-24(20)7-4-5-23-8(7)9(18)21-2/h4-5H,1-3H3,(H2,13,14,15,16,17,19). The first-order valence-corrected chi connectivity index (χ1v) is 8.39. The molecule has 0 saturated heterocycles. The Bertz CT molecular complexity index is 794. The van der Waals surface area contributed by atoms with Crippen molar-refractivity contribution in [2.45, 2.75) is 11.8 Å². The maximum atomic E-state index is 12.2. The van der Waals surface area contributed by atoms with Crippen molar-refractivity contribution in [3.8, 4) is 6.01 Å². The van der Waals surface area contributed by atoms with Crippen molar-refractivity contribution in [2.24, 2.45) is 0 Å². The molecule has 0 spiro atoms. The van der Waals surface area contributed by atoms with E-state index in [-0.39, 0.29) is 21.7 Å². The number of amides is 2. The summed E-state index contributed by atoms with van der Waals surface area (Å²) in [5, 5.41) is 3.88. The SMILES string of the molecule is COC(=O)c1sccc1S(=O)NC(=O)Nc1nc(C)nc(OC)n1. The fourth-order valence-electron chi connectivity index (χ4n) is 1.56. The van der Waals surface area contributed by atoms with E-state index in [9.17, 15) is 13.8 Å². The van der Waals surface area contributed by atoms with Gasteiger partial charge in [-0.05, 0) is 18.4 Å². The summed E-state index contributed by atoms with van der Waals surface area (Å²) < 4.78 is 23.8. The zero-order valence-electron chi connectivity index (χ0n) is 12.9. The van der Waals surface area contributed by atoms with Gasteiger partial charge in [0.15, 0.2) is 11.0 Å². The maximum absolute atomic E-state index is 12.2. The zero-order chi connectivity index (χ0) is 17.7. The number of methoxy groups -OCH3 is 2. The number of aromatic nitrogens is 3. The van der Waals surface area contributed by atoms with Crippen LogP contribution in [0.15, 0.2) is 16.3 Å². The fraction of sp³-hybridized carbons (Fsp3) is 0.250. The molecule has 2 heterocycles. The summed E-state index contributed by atoms with van der Waals surface area (Å²) in [6, 6.07) is 0.677. The highest BCUT2D eigenvalue weighted by atomic mass is 32.2. The number of urea groups is 1. The predicted octanol–water partition coefficient (Wildman–Crippen LogP) is 0.881. The van der Waals surface area contributed by atoms with Crippen LogP contribution in [-0.2, 0) is 15.7 Å². The second kappa shape index (κ2) is 7.79. The second-order valence-corrected chi connectivity index (χ2v) is 6.22. The summed E-state index contributed by atoms with van der Waals surface area (Å²) in [5.74, 6) is -0.357. The quantitative estimate of drug-likeness (QED) is 0.740. The highest BCUT2D eigenvalue weighted by molar-refractivity contribution is 7.84. The molecule has 2 rings (SSSR count). The van der Waals surface area contributed by atoms with Crippen LogP contribution in [0.3, 0.4) is 0 Å². The van der Waals surface area contributed by atoms with Crippen molar-refractivity contribution in [3.63, 3.8) is 0 Å². The lowest BCUT2D eigenvalue weighted by Gasteiger charge is -2.07. The summed E-state index contributed by atoms with van der Waals surface area (Å²) in [7, 11) is 0.630. The number of hydrogen-bond acceptors (Lipinski definition) is 9. The average Bonchev–Trinajstić information content (AvgIpc) is 3.03. The number of aryl methyl sites for hydroxylation is 1. The number of nitrogens with one attached hydrogen (secondary N) is 2. The minimum absolute atomic E-state index is 0.0322. The van der Waals surface area contributed by atoms with Gasteiger partial charge in [-0.25, -0.2) is 13.8 Å². The largest absolute Gasteiger partial charge is 0.467 e. The van der Waals surface area contributed by atoms with Crippen molar-refractivity contribution in [1.29, 1.82) is 0 Å². The molecule has 1 unspecified atom stereocenters. The van der Waals surface area contributed by atoms with Crippen LogP contribution in [0, 0.1) is 6.92 Å². The Morgan fingerprint density at radius 1 is 1.25 bits per heavy atom. The summed E-state index contributed by atoms with van der Waals surface area (Å²) >= 11 is 1.06. The third kappa shape index (κ3) is 4.23. The average molecular weight is 371 g/mol. The molecule has 2 N–H and O–H groups in total. The van der Waals surface area contributed by atoms with Gasteiger partial charge >= 0.3 is 18.0 Å². The minimum atomic E-state index is -1.96. The lowest BCUT2D eigenvalue weighted by Crippen LogP contribution is -2.31. The lowest BCUT2D eigenvalue weighted by molar-refractivity contribution is 0.0602. The fourth-order valence-corrected chi connectivity index (χ4v) is 3.49. The summed E-state index contributed by atoms with van der Waals surface area (Å²) in [5.41, 5.74) is 0. The first-order chi connectivity index (χ1) is 11.4. The van der Waals surface area contributed by atoms with Crippen LogP contribution in [0.2, 0.25) is 0 Å². The van der Waals surface area contributed by atoms with Crippen molar-refractivity contribution in [2.75, 3.05) is 19.5 Å². The number of carbonyl (C=O) groups is 2. The number of thiophene rings is 1. The number of ether oxygens (including phenoxy) is 2. The topological polar surface area (TPSA) is 132 Å². The van der Waals surface area contributed by atoms with E-state index in [4.69, 9.17) is 4.74 Å². The molecular formula is C12H13N5O5S2. The first-order valence-electron chi connectivity index (χ1n) is 6.36. The Hall–Kier alpha value is -2.60. The van der Waals surface area contributed by atoms with Crippen LogP contribution in [0.4, 0.5) is 10.7 Å². The number of carbonyl (C=O) groups excluding carboxylic acids is 2. The van der Waals surface area contributed by atoms with Crippen molar-refractivity contribution >= 4 is 40.3 Å². The third-order valence-electron chi connectivity index (χ3n) is 2.52. The molecule has 1 atom stereocenters. The van der Waals surface area contributed by atoms with Crippen LogP contribution in [0.25, 0.3) is 0 Å². The Balaban J connectivity index is 2.07. The predicted molar refractivity (Wildman–Crippen MR) is 85.3 cm³/mol. The highest BCUT2D eigenvalue weighted by Crippen LogP contribution is 2.20. The van der Waals surface area contributed by atoms with Gasteiger partial charge in [0, 0.05) is 0 Å². The van der Waals surface area contributed by atoms with E-state index in [2.05, 4.69) is 29.7 Å². The first kappa shape index (κ1) is 17.7. The normalized spacial score (nSPS) is 11.5. The molecule has 12 heteroatoms. The Morgan fingerprint density at radius 2 is 2.00 bits per heavy atom. The van der Waals surface area contributed by atoms with E-state index in [1.54, 1.807) is 12.3 Å². The van der Waals surface area contributed by atoms with E-state index < -0.39 is 23.0 Å². The molecular weight excluding hydrogens is 358 g/mol. The van der Waals surface area contributed by atoms with E-state index >= 15 is 0 Å². The number of esters is 1. The van der Waals surface area contributed by atoms with Crippen LogP contribution < -0.4 is 14.8 Å². The van der Waals surface area contributed by atoms with Crippen LogP contribution in [0.5, 0.6) is 6.01 Å². The molecule has 0 aliphatic rings. The molecule has 128 valence electrons. The molecule has 0 fully saturated rings. The number of hydrogen-bond donors (Lipinski definition) is 2. The van der Waals surface area contributed by atoms with Crippen molar-refractivity contribution in [1.82, 2.24) is 19.7 Å². The van der Waals surface area contributed by atoms with Gasteiger partial charge in [0.25, 0.3) is 0 Å². The number of anilines is 1. The molecule has 0 aliphatic carbocycles. The zero-order valence-corrected chi connectivity index (χ0v) is 14.5. The maximum Gasteiger partial charge on any atom is 0.349 e. The second-order valence-electron chi connectivity index (χ2n) is 4.12. The van der Waals surface area contributed by atoms with Gasteiger partial charge in [-0.3, -0.25) is 10.0 Å². The van der Waals surface area contributed by atoms with E-state index in [1.807, 2.05) is 0 Å². The molecule has 0 aliphatic heterocycles. The summed E-state index contributed by atoms with van der Waals surface area (Å²) in [4.78, 5) is 35.4. The summed E-state index contributed by atoms with van der Waals surface area (Å²) in [6.07, 6.45) is 0. The smallest absolute Gasteiger partial charge is 0.349 e. The molecule has 0 aromatic carbocycles. The Morgan fingerprint density at radius 3 is 2.67 bits per heavy atom. The molecule has 0 radical (unpaired) electrons. The van der Waals surface area contributed by atoms with E-state index in [0.29, 0.717) is 5.82 Å². The van der Waals surface area contributed by atoms with Gasteiger partial charge in [0.2, 0.25) is 5.95 Å². The van der Waals surface area contributed by atoms with Crippen LogP contribution in [0.1, 0.15) is 15.5 Å². The summed E-state index contributed by atoms with van der Waals surface area (Å²) in [6.45, 7) is 1.60. The van der Waals surface area contributed by atoms with E-state index in [1.165, 1.54) is 20.3 Å². The molecule has 0 bridgehead atoms. The van der Waals surface area contributed by atoms with Gasteiger partial charge in [-0.15, -0.1) is 11.3 Å². The van der Waals surface area contributed by atoms with Gasteiger partial charge < -0.3 is 9.47 Å². The van der Waals surface area contributed by atoms with Gasteiger partial charge in [-0.2, -0.15) is 15.0 Å². The van der Waals surface area contributed by atoms with Gasteiger partial charge in [0.05, 0.1) is 19.1 Å². The molecule has 0 saturated carbocycles. The van der Waals surface area contributed by atoms with Crippen LogP contribution >= 0.6 is 11.3 Å². The van der Waals surface area contributed by atoms with Crippen molar-refractivity contribution < 1.29 is 23.3 Å². The molecule has 2 aromatic heterocycles. The lowest BCUT2D eigenvalue weighted by atomic mass is 10.5. The Labute approximate surface area is 143 Å². The molecule has 2 aromatic rings.